The summed E-state index contributed by atoms with van der Waals surface area (Å²) in [6.07, 6.45) is 4.80. The molecule has 0 radical (unpaired) electrons. The first-order valence-electron chi connectivity index (χ1n) is 6.21. The first-order valence-corrected chi connectivity index (χ1v) is 7.00. The normalized spacial score (nSPS) is 16.6. The van der Waals surface area contributed by atoms with Crippen molar-refractivity contribution in [3.63, 3.8) is 0 Å². The topological polar surface area (TPSA) is 38.9 Å². The van der Waals surface area contributed by atoms with Crippen LogP contribution in [0.5, 0.6) is 0 Å². The summed E-state index contributed by atoms with van der Waals surface area (Å²) in [6, 6.07) is 4.94. The summed E-state index contributed by atoms with van der Waals surface area (Å²) in [7, 11) is 0. The van der Waals surface area contributed by atoms with E-state index in [0.29, 0.717) is 22.5 Å². The average Bonchev–Trinajstić information content (AvgIpc) is 2.87. The standard InChI is InChI=1S/C14H14BrFN2/c15-9-5-6-10(16)13-11(17)7-12(18-14(9)13)8-3-1-2-4-8/h5-8H,1-4H2,(H2,17,18). The molecule has 0 unspecified atom stereocenters. The van der Waals surface area contributed by atoms with Crippen molar-refractivity contribution < 1.29 is 4.39 Å². The largest absolute Gasteiger partial charge is 0.398 e. The third kappa shape index (κ3) is 1.88. The summed E-state index contributed by atoms with van der Waals surface area (Å²) in [5.41, 5.74) is 8.12. The zero-order chi connectivity index (χ0) is 12.7. The Morgan fingerprint density at radius 1 is 1.28 bits per heavy atom. The number of benzene rings is 1. The summed E-state index contributed by atoms with van der Waals surface area (Å²) in [6.45, 7) is 0. The van der Waals surface area contributed by atoms with Crippen molar-refractivity contribution >= 4 is 32.5 Å². The summed E-state index contributed by atoms with van der Waals surface area (Å²) < 4.78 is 14.6. The molecule has 1 aromatic carbocycles. The van der Waals surface area contributed by atoms with Crippen molar-refractivity contribution in [2.75, 3.05) is 5.73 Å². The quantitative estimate of drug-likeness (QED) is 0.849. The molecule has 2 aromatic rings. The van der Waals surface area contributed by atoms with Crippen molar-refractivity contribution in [1.82, 2.24) is 4.98 Å². The first-order chi connectivity index (χ1) is 8.66. The van der Waals surface area contributed by atoms with E-state index in [1.807, 2.05) is 6.07 Å². The number of nitrogens with zero attached hydrogens (tertiary/aromatic N) is 1. The number of fused-ring (bicyclic) bond motifs is 1. The zero-order valence-electron chi connectivity index (χ0n) is 9.92. The molecular formula is C14H14BrFN2. The minimum Gasteiger partial charge on any atom is -0.398 e. The molecule has 0 bridgehead atoms. The summed E-state index contributed by atoms with van der Waals surface area (Å²) in [5.74, 6) is 0.169. The second-order valence-electron chi connectivity index (χ2n) is 4.87. The molecule has 0 aliphatic heterocycles. The number of nitrogens with two attached hydrogens (primary N) is 1. The Hall–Kier alpha value is -1.16. The van der Waals surface area contributed by atoms with Gasteiger partial charge in [-0.15, -0.1) is 0 Å². The van der Waals surface area contributed by atoms with Gasteiger partial charge in [-0.2, -0.15) is 0 Å². The fraction of sp³-hybridized carbons (Fsp3) is 0.357. The van der Waals surface area contributed by atoms with Crippen LogP contribution in [0.15, 0.2) is 22.7 Å². The molecule has 2 nitrogen and oxygen atoms in total. The smallest absolute Gasteiger partial charge is 0.134 e. The molecule has 1 heterocycles. The molecule has 1 aliphatic rings. The van der Waals surface area contributed by atoms with Gasteiger partial charge in [-0.05, 0) is 47.0 Å². The highest BCUT2D eigenvalue weighted by Crippen LogP contribution is 2.37. The van der Waals surface area contributed by atoms with E-state index >= 15 is 0 Å². The molecule has 94 valence electrons. The van der Waals surface area contributed by atoms with Crippen molar-refractivity contribution in [1.29, 1.82) is 0 Å². The lowest BCUT2D eigenvalue weighted by atomic mass is 10.0. The number of halogens is 2. The molecule has 18 heavy (non-hydrogen) atoms. The molecule has 0 spiro atoms. The maximum absolute atomic E-state index is 13.8. The molecule has 0 saturated heterocycles. The van der Waals surface area contributed by atoms with Gasteiger partial charge < -0.3 is 5.73 Å². The second-order valence-corrected chi connectivity index (χ2v) is 5.72. The predicted octanol–water partition coefficient (Wildman–Crippen LogP) is 4.38. The van der Waals surface area contributed by atoms with Gasteiger partial charge in [0.05, 0.1) is 10.9 Å². The van der Waals surface area contributed by atoms with E-state index in [4.69, 9.17) is 5.73 Å². The highest BCUT2D eigenvalue weighted by molar-refractivity contribution is 9.10. The number of nitrogen functional groups attached to an aromatic ring is 1. The van der Waals surface area contributed by atoms with Crippen molar-refractivity contribution in [3.05, 3.63) is 34.2 Å². The second kappa shape index (κ2) is 4.50. The van der Waals surface area contributed by atoms with Gasteiger partial charge in [0.2, 0.25) is 0 Å². The van der Waals surface area contributed by atoms with Crippen LogP contribution in [0.25, 0.3) is 10.9 Å². The Morgan fingerprint density at radius 2 is 2.00 bits per heavy atom. The van der Waals surface area contributed by atoms with Crippen LogP contribution in [-0.2, 0) is 0 Å². The molecule has 0 amide bonds. The third-order valence-electron chi connectivity index (χ3n) is 3.68. The number of aromatic nitrogens is 1. The van der Waals surface area contributed by atoms with E-state index in [1.165, 1.54) is 18.9 Å². The summed E-state index contributed by atoms with van der Waals surface area (Å²) in [4.78, 5) is 4.61. The minimum absolute atomic E-state index is 0.309. The van der Waals surface area contributed by atoms with E-state index in [1.54, 1.807) is 6.07 Å². The van der Waals surface area contributed by atoms with Crippen molar-refractivity contribution in [2.45, 2.75) is 31.6 Å². The van der Waals surface area contributed by atoms with Crippen molar-refractivity contribution in [2.24, 2.45) is 0 Å². The fourth-order valence-corrected chi connectivity index (χ4v) is 3.17. The molecule has 3 rings (SSSR count). The maximum atomic E-state index is 13.8. The van der Waals surface area contributed by atoms with Crippen molar-refractivity contribution in [3.8, 4) is 0 Å². The van der Waals surface area contributed by atoms with E-state index in [0.717, 1.165) is 23.0 Å². The Kier molecular flexibility index (Phi) is 2.98. The molecule has 1 aliphatic carbocycles. The molecule has 1 saturated carbocycles. The highest BCUT2D eigenvalue weighted by atomic mass is 79.9. The van der Waals surface area contributed by atoms with Crippen LogP contribution in [0.4, 0.5) is 10.1 Å². The van der Waals surface area contributed by atoms with Crippen LogP contribution >= 0.6 is 15.9 Å². The van der Waals surface area contributed by atoms with Gasteiger partial charge in [-0.25, -0.2) is 4.39 Å². The molecule has 1 aromatic heterocycles. The predicted molar refractivity (Wildman–Crippen MR) is 75.0 cm³/mol. The lowest BCUT2D eigenvalue weighted by molar-refractivity contribution is 0.639. The first kappa shape index (κ1) is 11.9. The van der Waals surface area contributed by atoms with Gasteiger partial charge in [-0.1, -0.05) is 12.8 Å². The SMILES string of the molecule is Nc1cc(C2CCCC2)nc2c(Br)ccc(F)c12. The molecule has 1 fully saturated rings. The summed E-state index contributed by atoms with van der Waals surface area (Å²) in [5, 5.41) is 0.422. The van der Waals surface area contributed by atoms with Gasteiger partial charge in [0.15, 0.2) is 0 Å². The van der Waals surface area contributed by atoms with Gasteiger partial charge in [0.25, 0.3) is 0 Å². The van der Waals surface area contributed by atoms with E-state index < -0.39 is 0 Å². The monoisotopic (exact) mass is 308 g/mol. The van der Waals surface area contributed by atoms with Gasteiger partial charge in [0, 0.05) is 21.8 Å². The van der Waals surface area contributed by atoms with Crippen LogP contribution in [0.2, 0.25) is 0 Å². The number of hydrogen-bond acceptors (Lipinski definition) is 2. The van der Waals surface area contributed by atoms with Gasteiger partial charge in [-0.3, -0.25) is 4.98 Å². The lowest BCUT2D eigenvalue weighted by Gasteiger charge is -2.12. The van der Waals surface area contributed by atoms with Gasteiger partial charge in [0.1, 0.15) is 5.82 Å². The average molecular weight is 309 g/mol. The molecule has 2 N–H and O–H groups in total. The molecule has 0 atom stereocenters. The Balaban J connectivity index is 2.23. The number of hydrogen-bond donors (Lipinski definition) is 1. The number of pyridine rings is 1. The zero-order valence-corrected chi connectivity index (χ0v) is 11.5. The van der Waals surface area contributed by atoms with Crippen LogP contribution < -0.4 is 5.73 Å². The van der Waals surface area contributed by atoms with Crippen LogP contribution in [0.1, 0.15) is 37.3 Å². The van der Waals surface area contributed by atoms with E-state index in [9.17, 15) is 4.39 Å². The van der Waals surface area contributed by atoms with E-state index in [-0.39, 0.29) is 5.82 Å². The van der Waals surface area contributed by atoms with Gasteiger partial charge >= 0.3 is 0 Å². The van der Waals surface area contributed by atoms with Crippen LogP contribution in [-0.4, -0.2) is 4.98 Å². The molecule has 4 heteroatoms. The number of anilines is 1. The highest BCUT2D eigenvalue weighted by Gasteiger charge is 2.20. The van der Waals surface area contributed by atoms with Crippen LogP contribution in [0, 0.1) is 5.82 Å². The Morgan fingerprint density at radius 3 is 2.72 bits per heavy atom. The Labute approximate surface area is 114 Å². The maximum Gasteiger partial charge on any atom is 0.134 e. The summed E-state index contributed by atoms with van der Waals surface area (Å²) >= 11 is 3.42. The lowest BCUT2D eigenvalue weighted by Crippen LogP contribution is -2.01. The minimum atomic E-state index is -0.309. The van der Waals surface area contributed by atoms with E-state index in [2.05, 4.69) is 20.9 Å². The van der Waals surface area contributed by atoms with Crippen LogP contribution in [0.3, 0.4) is 0 Å². The third-order valence-corrected chi connectivity index (χ3v) is 4.32. The number of rotatable bonds is 1. The Bertz CT molecular complexity index is 606. The molecular weight excluding hydrogens is 295 g/mol. The fourth-order valence-electron chi connectivity index (χ4n) is 2.75.